The summed E-state index contributed by atoms with van der Waals surface area (Å²) in [4.78, 5) is 39.6. The number of amides is 2. The van der Waals surface area contributed by atoms with Crippen molar-refractivity contribution in [3.05, 3.63) is 0 Å². The molecule has 8 heteroatoms. The second-order valence-electron chi connectivity index (χ2n) is 8.28. The average Bonchev–Trinajstić information content (AvgIpc) is 2.90. The Morgan fingerprint density at radius 2 is 1.62 bits per heavy atom. The summed E-state index contributed by atoms with van der Waals surface area (Å²) in [6, 6.07) is -0.332. The molecule has 26 heavy (non-hydrogen) atoms. The number of hydrogen-bond acceptors (Lipinski definition) is 6. The molecular formula is C18H32N2O6. The molecule has 150 valence electrons. The van der Waals surface area contributed by atoms with E-state index >= 15 is 0 Å². The maximum atomic E-state index is 12.6. The number of ether oxygens (including phenoxy) is 3. The Balaban J connectivity index is 2.82. The van der Waals surface area contributed by atoms with E-state index in [4.69, 9.17) is 14.2 Å². The van der Waals surface area contributed by atoms with Crippen molar-refractivity contribution < 1.29 is 28.6 Å². The summed E-state index contributed by atoms with van der Waals surface area (Å²) >= 11 is 0. The van der Waals surface area contributed by atoms with E-state index in [1.165, 1.54) is 4.90 Å². The Labute approximate surface area is 155 Å². The van der Waals surface area contributed by atoms with Crippen LogP contribution in [0.1, 0.15) is 54.9 Å². The zero-order valence-corrected chi connectivity index (χ0v) is 17.0. The molecule has 0 aromatic rings. The van der Waals surface area contributed by atoms with Crippen LogP contribution in [-0.4, -0.2) is 71.4 Å². The molecule has 1 saturated heterocycles. The first-order valence-corrected chi connectivity index (χ1v) is 8.95. The van der Waals surface area contributed by atoms with Crippen molar-refractivity contribution in [2.24, 2.45) is 0 Å². The summed E-state index contributed by atoms with van der Waals surface area (Å²) in [6.45, 7) is 13.1. The molecule has 8 nitrogen and oxygen atoms in total. The van der Waals surface area contributed by atoms with Crippen molar-refractivity contribution in [2.75, 3.05) is 26.2 Å². The second kappa shape index (κ2) is 8.60. The van der Waals surface area contributed by atoms with Gasteiger partial charge in [-0.2, -0.15) is 0 Å². The zero-order chi connectivity index (χ0) is 20.1. The number of likely N-dealkylation sites (tertiary alicyclic amines) is 1. The number of hydrogen-bond donors (Lipinski definition) is 0. The maximum Gasteiger partial charge on any atom is 0.411 e. The van der Waals surface area contributed by atoms with Gasteiger partial charge in [-0.1, -0.05) is 0 Å². The number of esters is 1. The lowest BCUT2D eigenvalue weighted by Crippen LogP contribution is -2.48. The summed E-state index contributed by atoms with van der Waals surface area (Å²) in [5, 5.41) is 0. The highest BCUT2D eigenvalue weighted by Crippen LogP contribution is 2.21. The first kappa shape index (κ1) is 22.1. The quantitative estimate of drug-likeness (QED) is 0.557. The standard InChI is InChI=1S/C18H32N2O6/c1-8-24-14(21)12-20(16(23)26-18(5,6)7)13-9-10-19(11-13)15(22)25-17(2,3)4/h13H,8-12H2,1-7H3/t13-/m1/s1. The predicted octanol–water partition coefficient (Wildman–Crippen LogP) is 2.80. The van der Waals surface area contributed by atoms with Crippen LogP contribution in [0.3, 0.4) is 0 Å². The molecule has 0 N–H and O–H groups in total. The molecule has 0 spiro atoms. The topological polar surface area (TPSA) is 85.4 Å². The molecule has 1 fully saturated rings. The minimum Gasteiger partial charge on any atom is -0.465 e. The van der Waals surface area contributed by atoms with E-state index in [2.05, 4.69) is 0 Å². The molecule has 1 rings (SSSR count). The third-order valence-electron chi connectivity index (χ3n) is 3.49. The van der Waals surface area contributed by atoms with Gasteiger partial charge >= 0.3 is 18.2 Å². The number of nitrogens with zero attached hydrogens (tertiary/aromatic N) is 2. The van der Waals surface area contributed by atoms with Crippen molar-refractivity contribution >= 4 is 18.2 Å². The highest BCUT2D eigenvalue weighted by atomic mass is 16.6. The van der Waals surface area contributed by atoms with Crippen LogP contribution in [0.2, 0.25) is 0 Å². The van der Waals surface area contributed by atoms with E-state index in [1.807, 2.05) is 0 Å². The van der Waals surface area contributed by atoms with E-state index in [0.717, 1.165) is 0 Å². The van der Waals surface area contributed by atoms with E-state index in [-0.39, 0.29) is 25.7 Å². The third kappa shape index (κ3) is 7.49. The van der Waals surface area contributed by atoms with E-state index in [9.17, 15) is 14.4 Å². The summed E-state index contributed by atoms with van der Waals surface area (Å²) in [5.74, 6) is -0.505. The minimum absolute atomic E-state index is 0.213. The van der Waals surface area contributed by atoms with Gasteiger partial charge in [-0.25, -0.2) is 9.59 Å². The van der Waals surface area contributed by atoms with Crippen molar-refractivity contribution in [3.63, 3.8) is 0 Å². The lowest BCUT2D eigenvalue weighted by molar-refractivity contribution is -0.144. The number of carbonyl (C=O) groups is 3. The Morgan fingerprint density at radius 1 is 1.04 bits per heavy atom. The molecule has 1 heterocycles. The van der Waals surface area contributed by atoms with Crippen molar-refractivity contribution in [1.29, 1.82) is 0 Å². The largest absolute Gasteiger partial charge is 0.465 e. The van der Waals surface area contributed by atoms with E-state index < -0.39 is 29.4 Å². The molecule has 1 aliphatic rings. The summed E-state index contributed by atoms with van der Waals surface area (Å²) < 4.78 is 15.7. The average molecular weight is 372 g/mol. The van der Waals surface area contributed by atoms with Gasteiger partial charge < -0.3 is 19.1 Å². The van der Waals surface area contributed by atoms with Gasteiger partial charge in [-0.05, 0) is 54.9 Å². The van der Waals surface area contributed by atoms with E-state index in [0.29, 0.717) is 13.0 Å². The second-order valence-corrected chi connectivity index (χ2v) is 8.28. The first-order valence-electron chi connectivity index (χ1n) is 8.95. The molecule has 2 amide bonds. The smallest absolute Gasteiger partial charge is 0.411 e. The van der Waals surface area contributed by atoms with Crippen LogP contribution >= 0.6 is 0 Å². The van der Waals surface area contributed by atoms with Crippen LogP contribution in [0.25, 0.3) is 0 Å². The summed E-state index contributed by atoms with van der Waals surface area (Å²) in [7, 11) is 0. The third-order valence-corrected chi connectivity index (χ3v) is 3.49. The Bertz CT molecular complexity index is 521. The minimum atomic E-state index is -0.687. The van der Waals surface area contributed by atoms with Crippen LogP contribution in [0.5, 0.6) is 0 Å². The van der Waals surface area contributed by atoms with Gasteiger partial charge in [0.1, 0.15) is 17.7 Å². The summed E-state index contributed by atoms with van der Waals surface area (Å²) in [6.07, 6.45) is -0.486. The van der Waals surface area contributed by atoms with Crippen LogP contribution in [0.4, 0.5) is 9.59 Å². The molecule has 1 atom stereocenters. The predicted molar refractivity (Wildman–Crippen MR) is 95.8 cm³/mol. The Kier molecular flexibility index (Phi) is 7.29. The zero-order valence-electron chi connectivity index (χ0n) is 17.0. The van der Waals surface area contributed by atoms with Crippen molar-refractivity contribution in [1.82, 2.24) is 9.80 Å². The van der Waals surface area contributed by atoms with Gasteiger partial charge in [0.2, 0.25) is 0 Å². The van der Waals surface area contributed by atoms with Crippen LogP contribution in [0, 0.1) is 0 Å². The lowest BCUT2D eigenvalue weighted by atomic mass is 10.2. The molecule has 0 aromatic carbocycles. The van der Waals surface area contributed by atoms with Gasteiger partial charge in [-0.15, -0.1) is 0 Å². The van der Waals surface area contributed by atoms with E-state index in [1.54, 1.807) is 53.4 Å². The molecule has 0 aromatic heterocycles. The van der Waals surface area contributed by atoms with Crippen LogP contribution in [-0.2, 0) is 19.0 Å². The molecule has 0 saturated carbocycles. The first-order chi connectivity index (χ1) is 11.8. The SMILES string of the molecule is CCOC(=O)CN(C(=O)OC(C)(C)C)[C@@H]1CCN(C(=O)OC(C)(C)C)C1. The molecule has 0 aliphatic carbocycles. The van der Waals surface area contributed by atoms with Crippen molar-refractivity contribution in [3.8, 4) is 0 Å². The van der Waals surface area contributed by atoms with Crippen molar-refractivity contribution in [2.45, 2.75) is 72.1 Å². The highest BCUT2D eigenvalue weighted by molar-refractivity contribution is 5.78. The van der Waals surface area contributed by atoms with Gasteiger partial charge in [0.15, 0.2) is 0 Å². The lowest BCUT2D eigenvalue weighted by Gasteiger charge is -2.31. The Hall–Kier alpha value is -1.99. The Morgan fingerprint density at radius 3 is 2.12 bits per heavy atom. The molecule has 0 radical (unpaired) electrons. The fourth-order valence-electron chi connectivity index (χ4n) is 2.50. The van der Waals surface area contributed by atoms with Gasteiger partial charge in [0, 0.05) is 13.1 Å². The number of carbonyl (C=O) groups excluding carboxylic acids is 3. The van der Waals surface area contributed by atoms with Crippen LogP contribution < -0.4 is 0 Å². The highest BCUT2D eigenvalue weighted by Gasteiger charge is 2.37. The maximum absolute atomic E-state index is 12.6. The normalized spacial score (nSPS) is 17.7. The van der Waals surface area contributed by atoms with Crippen LogP contribution in [0.15, 0.2) is 0 Å². The molecule has 1 aliphatic heterocycles. The molecule has 0 bridgehead atoms. The number of rotatable bonds is 4. The molecular weight excluding hydrogens is 340 g/mol. The van der Waals surface area contributed by atoms with Gasteiger partial charge in [0.25, 0.3) is 0 Å². The van der Waals surface area contributed by atoms with Gasteiger partial charge in [-0.3, -0.25) is 9.69 Å². The fourth-order valence-corrected chi connectivity index (χ4v) is 2.50. The monoisotopic (exact) mass is 372 g/mol. The summed E-state index contributed by atoms with van der Waals surface area (Å²) in [5.41, 5.74) is -1.28. The molecule has 0 unspecified atom stereocenters. The van der Waals surface area contributed by atoms with Gasteiger partial charge in [0.05, 0.1) is 12.6 Å². The fraction of sp³-hybridized carbons (Fsp3) is 0.833.